The number of rotatable bonds is 3. The lowest BCUT2D eigenvalue weighted by atomic mass is 9.81. The first-order valence-electron chi connectivity index (χ1n) is 6.28. The van der Waals surface area contributed by atoms with Gasteiger partial charge in [-0.3, -0.25) is 19.3 Å². The van der Waals surface area contributed by atoms with Gasteiger partial charge in [-0.05, 0) is 18.3 Å². The van der Waals surface area contributed by atoms with Crippen molar-refractivity contribution in [3.05, 3.63) is 0 Å². The fourth-order valence-corrected chi connectivity index (χ4v) is 5.71. The van der Waals surface area contributed by atoms with Crippen LogP contribution in [-0.2, 0) is 14.4 Å². The Hall–Kier alpha value is -0.430. The van der Waals surface area contributed by atoms with Crippen molar-refractivity contribution >= 4 is 49.6 Å². The summed E-state index contributed by atoms with van der Waals surface area (Å²) in [5.41, 5.74) is 0. The van der Waals surface area contributed by atoms with Gasteiger partial charge in [-0.15, -0.1) is 0 Å². The Kier molecular flexibility index (Phi) is 3.24. The van der Waals surface area contributed by atoms with Gasteiger partial charge >= 0.3 is 5.97 Å². The maximum Gasteiger partial charge on any atom is 0.305 e. The predicted octanol–water partition coefficient (Wildman–Crippen LogP) is 1.24. The second-order valence-corrected chi connectivity index (χ2v) is 7.59. The van der Waals surface area contributed by atoms with Crippen LogP contribution in [0.2, 0.25) is 0 Å². The van der Waals surface area contributed by atoms with Crippen LogP contribution in [0.15, 0.2) is 0 Å². The molecule has 0 aromatic heterocycles. The zero-order chi connectivity index (χ0) is 13.9. The molecule has 0 spiro atoms. The largest absolute Gasteiger partial charge is 0.481 e. The van der Waals surface area contributed by atoms with E-state index in [1.165, 1.54) is 0 Å². The number of alkyl halides is 2. The quantitative estimate of drug-likeness (QED) is 0.577. The molecule has 1 aliphatic heterocycles. The summed E-state index contributed by atoms with van der Waals surface area (Å²) in [4.78, 5) is 36.8. The van der Waals surface area contributed by atoms with Gasteiger partial charge in [0.05, 0.1) is 18.3 Å². The number of hydrogen-bond donors (Lipinski definition) is 1. The Morgan fingerprint density at radius 3 is 2.05 bits per heavy atom. The number of carboxylic acid groups (broad SMARTS) is 1. The lowest BCUT2D eigenvalue weighted by molar-refractivity contribution is -0.142. The summed E-state index contributed by atoms with van der Waals surface area (Å²) in [6.07, 6.45) is 0.715. The number of amides is 2. The van der Waals surface area contributed by atoms with Gasteiger partial charge in [-0.1, -0.05) is 31.9 Å². The molecule has 0 aromatic rings. The molecular formula is C12H13Br2NO4. The molecule has 2 saturated carbocycles. The van der Waals surface area contributed by atoms with Gasteiger partial charge in [0.25, 0.3) is 0 Å². The molecule has 2 amide bonds. The summed E-state index contributed by atoms with van der Waals surface area (Å²) in [5, 5.41) is 8.69. The Bertz CT molecular complexity index is 437. The molecule has 0 aromatic carbocycles. The van der Waals surface area contributed by atoms with Crippen LogP contribution in [0.1, 0.15) is 12.8 Å². The SMILES string of the molecule is O=C(O)CCN1C(=O)[C@@H]2[C@H]3C[C@@H]([C@@H](Br)[C@H]3Br)[C@@H]2C1=O. The van der Waals surface area contributed by atoms with Gasteiger partial charge < -0.3 is 5.11 Å². The van der Waals surface area contributed by atoms with Crippen LogP contribution in [0, 0.1) is 23.7 Å². The fraction of sp³-hybridized carbons (Fsp3) is 0.750. The van der Waals surface area contributed by atoms with Crippen LogP contribution in [0.4, 0.5) is 0 Å². The highest BCUT2D eigenvalue weighted by Crippen LogP contribution is 2.60. The van der Waals surface area contributed by atoms with Crippen molar-refractivity contribution in [2.45, 2.75) is 22.5 Å². The van der Waals surface area contributed by atoms with Gasteiger partial charge in [0, 0.05) is 16.2 Å². The number of fused-ring (bicyclic) bond motifs is 5. The van der Waals surface area contributed by atoms with Gasteiger partial charge in [0.1, 0.15) is 0 Å². The molecule has 2 aliphatic carbocycles. The van der Waals surface area contributed by atoms with Crippen LogP contribution in [0.5, 0.6) is 0 Å². The molecule has 1 N–H and O–H groups in total. The lowest BCUT2D eigenvalue weighted by Gasteiger charge is -2.28. The average Bonchev–Trinajstić information content (AvgIpc) is 2.93. The highest BCUT2D eigenvalue weighted by Gasteiger charge is 2.66. The van der Waals surface area contributed by atoms with E-state index in [0.29, 0.717) is 0 Å². The normalized spacial score (nSPS) is 44.0. The van der Waals surface area contributed by atoms with E-state index in [4.69, 9.17) is 5.11 Å². The van der Waals surface area contributed by atoms with Crippen molar-refractivity contribution in [3.63, 3.8) is 0 Å². The van der Waals surface area contributed by atoms with E-state index in [9.17, 15) is 14.4 Å². The van der Waals surface area contributed by atoms with E-state index in [1.54, 1.807) is 0 Å². The first kappa shape index (κ1) is 13.5. The number of carbonyl (C=O) groups is 3. The summed E-state index contributed by atoms with van der Waals surface area (Å²) in [6.45, 7) is -0.000650. The maximum absolute atomic E-state index is 12.3. The summed E-state index contributed by atoms with van der Waals surface area (Å²) in [6, 6.07) is 0. The number of aliphatic carboxylic acids is 1. The van der Waals surface area contributed by atoms with E-state index in [1.807, 2.05) is 0 Å². The fourth-order valence-electron chi connectivity index (χ4n) is 3.84. The van der Waals surface area contributed by atoms with Crippen molar-refractivity contribution in [1.29, 1.82) is 0 Å². The van der Waals surface area contributed by atoms with Gasteiger partial charge in [0.2, 0.25) is 11.8 Å². The highest BCUT2D eigenvalue weighted by molar-refractivity contribution is 9.12. The number of nitrogens with zero attached hydrogens (tertiary/aromatic N) is 1. The summed E-state index contributed by atoms with van der Waals surface area (Å²) >= 11 is 7.21. The molecule has 5 nitrogen and oxygen atoms in total. The minimum absolute atomic E-state index is 0.000650. The minimum Gasteiger partial charge on any atom is -0.481 e. The molecule has 3 aliphatic rings. The topological polar surface area (TPSA) is 74.7 Å². The molecule has 0 radical (unpaired) electrons. The molecule has 1 saturated heterocycles. The van der Waals surface area contributed by atoms with Crippen LogP contribution >= 0.6 is 31.9 Å². The molecule has 7 heteroatoms. The summed E-state index contributed by atoms with van der Waals surface area (Å²) in [7, 11) is 0. The Morgan fingerprint density at radius 2 is 1.63 bits per heavy atom. The zero-order valence-electron chi connectivity index (χ0n) is 9.96. The number of carbonyl (C=O) groups excluding carboxylic acids is 2. The molecule has 0 unspecified atom stereocenters. The van der Waals surface area contributed by atoms with Crippen molar-refractivity contribution in [3.8, 4) is 0 Å². The van der Waals surface area contributed by atoms with E-state index >= 15 is 0 Å². The molecule has 3 fully saturated rings. The van der Waals surface area contributed by atoms with Crippen molar-refractivity contribution < 1.29 is 19.5 Å². The van der Waals surface area contributed by atoms with E-state index < -0.39 is 5.97 Å². The second-order valence-electron chi connectivity index (χ2n) is 5.48. The van der Waals surface area contributed by atoms with Crippen LogP contribution < -0.4 is 0 Å². The van der Waals surface area contributed by atoms with Gasteiger partial charge in [-0.2, -0.15) is 0 Å². The molecule has 2 bridgehead atoms. The van der Waals surface area contributed by atoms with Gasteiger partial charge in [0.15, 0.2) is 0 Å². The monoisotopic (exact) mass is 393 g/mol. The molecule has 1 heterocycles. The van der Waals surface area contributed by atoms with Crippen LogP contribution in [-0.4, -0.2) is 44.0 Å². The predicted molar refractivity (Wildman–Crippen MR) is 73.0 cm³/mol. The van der Waals surface area contributed by atoms with Crippen molar-refractivity contribution in [1.82, 2.24) is 4.90 Å². The van der Waals surface area contributed by atoms with E-state index in [2.05, 4.69) is 31.9 Å². The van der Waals surface area contributed by atoms with Crippen LogP contribution in [0.25, 0.3) is 0 Å². The minimum atomic E-state index is -0.989. The number of imide groups is 1. The third-order valence-corrected chi connectivity index (χ3v) is 7.83. The van der Waals surface area contributed by atoms with Crippen molar-refractivity contribution in [2.75, 3.05) is 6.54 Å². The first-order valence-corrected chi connectivity index (χ1v) is 8.11. The first-order chi connectivity index (χ1) is 8.93. The number of hydrogen-bond acceptors (Lipinski definition) is 3. The maximum atomic E-state index is 12.3. The highest BCUT2D eigenvalue weighted by atomic mass is 79.9. The molecular weight excluding hydrogens is 382 g/mol. The second kappa shape index (κ2) is 4.55. The number of likely N-dealkylation sites (tertiary alicyclic amines) is 1. The zero-order valence-corrected chi connectivity index (χ0v) is 13.1. The summed E-state index contributed by atoms with van der Waals surface area (Å²) < 4.78 is 0. The lowest BCUT2D eigenvalue weighted by Crippen LogP contribution is -2.37. The smallest absolute Gasteiger partial charge is 0.305 e. The third kappa shape index (κ3) is 1.81. The van der Waals surface area contributed by atoms with Gasteiger partial charge in [-0.25, -0.2) is 0 Å². The standard InChI is InChI=1S/C12H13Br2NO4/c13-9-4-3-5(10(9)14)8-7(4)11(18)15(12(8)19)2-1-6(16)17/h4-5,7-10H,1-3H2,(H,16,17)/t4-,5-,7-,8+,9+,10-/m1/s1. The Labute approximate surface area is 127 Å². The Morgan fingerprint density at radius 1 is 1.16 bits per heavy atom. The van der Waals surface area contributed by atoms with Crippen LogP contribution in [0.3, 0.4) is 0 Å². The van der Waals surface area contributed by atoms with Crippen molar-refractivity contribution in [2.24, 2.45) is 23.7 Å². The third-order valence-electron chi connectivity index (χ3n) is 4.63. The van der Waals surface area contributed by atoms with E-state index in [-0.39, 0.29) is 58.1 Å². The number of halogens is 2. The molecule has 19 heavy (non-hydrogen) atoms. The number of carboxylic acids is 1. The summed E-state index contributed by atoms with van der Waals surface area (Å²) in [5.74, 6) is -1.46. The van der Waals surface area contributed by atoms with E-state index in [0.717, 1.165) is 11.3 Å². The average molecular weight is 395 g/mol. The Balaban J connectivity index is 1.83. The molecule has 3 rings (SSSR count). The molecule has 6 atom stereocenters. The molecule has 104 valence electrons.